The maximum Gasteiger partial charge on any atom is 0.127 e. The lowest BCUT2D eigenvalue weighted by Gasteiger charge is -2.21. The average molecular weight is 365 g/mol. The summed E-state index contributed by atoms with van der Waals surface area (Å²) < 4.78 is 5.96. The predicted octanol–water partition coefficient (Wildman–Crippen LogP) is 7.50. The van der Waals surface area contributed by atoms with E-state index in [1.54, 1.807) is 0 Å². The standard InChI is InChI=1S/C24H25ClO/c1-18(2)24(20-12-14-21(25)15-13-20)16-11-19-7-6-10-23(17-19)26-22-8-4-3-5-9-22/h3-10,12-15,17-18,24H,11,16H2,1-2H3. The van der Waals surface area contributed by atoms with Crippen molar-refractivity contribution in [1.29, 1.82) is 0 Å². The van der Waals surface area contributed by atoms with Crippen molar-refractivity contribution in [2.24, 2.45) is 5.92 Å². The van der Waals surface area contributed by atoms with Crippen molar-refractivity contribution in [2.75, 3.05) is 0 Å². The van der Waals surface area contributed by atoms with E-state index in [2.05, 4.69) is 44.2 Å². The van der Waals surface area contributed by atoms with E-state index in [9.17, 15) is 0 Å². The van der Waals surface area contributed by atoms with Gasteiger partial charge in [0.15, 0.2) is 0 Å². The van der Waals surface area contributed by atoms with Crippen LogP contribution in [0.15, 0.2) is 78.9 Å². The van der Waals surface area contributed by atoms with Crippen molar-refractivity contribution in [1.82, 2.24) is 0 Å². The van der Waals surface area contributed by atoms with Crippen LogP contribution in [0.25, 0.3) is 0 Å². The molecule has 0 aliphatic rings. The highest BCUT2D eigenvalue weighted by Crippen LogP contribution is 2.31. The Labute approximate surface area is 161 Å². The van der Waals surface area contributed by atoms with Gasteiger partial charge >= 0.3 is 0 Å². The third-order valence-electron chi connectivity index (χ3n) is 4.72. The maximum atomic E-state index is 6.04. The Hall–Kier alpha value is -2.25. The van der Waals surface area contributed by atoms with Gasteiger partial charge in [0, 0.05) is 5.02 Å². The van der Waals surface area contributed by atoms with Crippen molar-refractivity contribution in [3.63, 3.8) is 0 Å². The normalized spacial score (nSPS) is 12.2. The zero-order chi connectivity index (χ0) is 18.4. The van der Waals surface area contributed by atoms with Gasteiger partial charge in [-0.2, -0.15) is 0 Å². The Kier molecular flexibility index (Phi) is 6.35. The molecule has 0 spiro atoms. The van der Waals surface area contributed by atoms with Gasteiger partial charge in [0.1, 0.15) is 11.5 Å². The molecule has 3 aromatic carbocycles. The summed E-state index contributed by atoms with van der Waals surface area (Å²) >= 11 is 6.04. The predicted molar refractivity (Wildman–Crippen MR) is 110 cm³/mol. The molecule has 0 fully saturated rings. The van der Waals surface area contributed by atoms with E-state index in [1.807, 2.05) is 48.5 Å². The van der Waals surface area contributed by atoms with Crippen LogP contribution in [0.1, 0.15) is 37.3 Å². The van der Waals surface area contributed by atoms with Gasteiger partial charge in [0.05, 0.1) is 0 Å². The molecule has 3 rings (SSSR count). The second kappa shape index (κ2) is 8.91. The number of ether oxygens (including phenoxy) is 1. The van der Waals surface area contributed by atoms with E-state index in [4.69, 9.17) is 16.3 Å². The van der Waals surface area contributed by atoms with Crippen LogP contribution < -0.4 is 4.74 Å². The van der Waals surface area contributed by atoms with Crippen LogP contribution in [0.2, 0.25) is 5.02 Å². The molecule has 0 aliphatic carbocycles. The molecule has 0 bridgehead atoms. The molecule has 1 unspecified atom stereocenters. The van der Waals surface area contributed by atoms with Crippen LogP contribution in [-0.2, 0) is 6.42 Å². The van der Waals surface area contributed by atoms with Gasteiger partial charge in [-0.25, -0.2) is 0 Å². The first-order valence-electron chi connectivity index (χ1n) is 9.19. The molecule has 0 N–H and O–H groups in total. The quantitative estimate of drug-likeness (QED) is 0.421. The fourth-order valence-electron chi connectivity index (χ4n) is 3.31. The lowest BCUT2D eigenvalue weighted by Crippen LogP contribution is -2.08. The van der Waals surface area contributed by atoms with Crippen LogP contribution in [-0.4, -0.2) is 0 Å². The Morgan fingerprint density at radius 1 is 0.808 bits per heavy atom. The highest BCUT2D eigenvalue weighted by atomic mass is 35.5. The number of hydrogen-bond donors (Lipinski definition) is 0. The topological polar surface area (TPSA) is 9.23 Å². The van der Waals surface area contributed by atoms with E-state index in [-0.39, 0.29) is 0 Å². The molecule has 0 heterocycles. The molecule has 1 nitrogen and oxygen atoms in total. The molecule has 0 saturated carbocycles. The first kappa shape index (κ1) is 18.5. The van der Waals surface area contributed by atoms with Gasteiger partial charge in [0.25, 0.3) is 0 Å². The molecule has 3 aromatic rings. The fraction of sp³-hybridized carbons (Fsp3) is 0.250. The third-order valence-corrected chi connectivity index (χ3v) is 4.98. The summed E-state index contributed by atoms with van der Waals surface area (Å²) in [6, 6.07) is 26.6. The van der Waals surface area contributed by atoms with Gasteiger partial charge < -0.3 is 4.74 Å². The summed E-state index contributed by atoms with van der Waals surface area (Å²) in [5, 5.41) is 0.794. The van der Waals surface area contributed by atoms with Gasteiger partial charge in [-0.1, -0.05) is 67.9 Å². The van der Waals surface area contributed by atoms with Gasteiger partial charge in [0.2, 0.25) is 0 Å². The van der Waals surface area contributed by atoms with Crippen LogP contribution in [0, 0.1) is 5.92 Å². The molecular formula is C24H25ClO. The minimum atomic E-state index is 0.519. The van der Waals surface area contributed by atoms with Crippen LogP contribution in [0.5, 0.6) is 11.5 Å². The third kappa shape index (κ3) is 5.12. The highest BCUT2D eigenvalue weighted by Gasteiger charge is 2.16. The van der Waals surface area contributed by atoms with Crippen molar-refractivity contribution >= 4 is 11.6 Å². The Bertz CT molecular complexity index is 809. The number of aryl methyl sites for hydroxylation is 1. The summed E-state index contributed by atoms with van der Waals surface area (Å²) in [5.74, 6) is 2.86. The Morgan fingerprint density at radius 3 is 2.19 bits per heavy atom. The molecule has 0 aliphatic heterocycles. The van der Waals surface area contributed by atoms with Crippen LogP contribution in [0.3, 0.4) is 0 Å². The first-order valence-corrected chi connectivity index (χ1v) is 9.57. The van der Waals surface area contributed by atoms with Crippen molar-refractivity contribution in [3.05, 3.63) is 95.0 Å². The van der Waals surface area contributed by atoms with E-state index in [0.29, 0.717) is 11.8 Å². The second-order valence-electron chi connectivity index (χ2n) is 7.00. The molecule has 1 atom stereocenters. The number of hydrogen-bond acceptors (Lipinski definition) is 1. The lowest BCUT2D eigenvalue weighted by atomic mass is 9.84. The SMILES string of the molecule is CC(C)C(CCc1cccc(Oc2ccccc2)c1)c1ccc(Cl)cc1. The van der Waals surface area contributed by atoms with Crippen LogP contribution in [0.4, 0.5) is 0 Å². The first-order chi connectivity index (χ1) is 12.6. The average Bonchev–Trinajstić information content (AvgIpc) is 2.64. The minimum Gasteiger partial charge on any atom is -0.457 e. The van der Waals surface area contributed by atoms with E-state index in [1.165, 1.54) is 11.1 Å². The van der Waals surface area contributed by atoms with E-state index in [0.717, 1.165) is 29.4 Å². The lowest BCUT2D eigenvalue weighted by molar-refractivity contribution is 0.465. The summed E-state index contributed by atoms with van der Waals surface area (Å²) in [7, 11) is 0. The molecule has 26 heavy (non-hydrogen) atoms. The highest BCUT2D eigenvalue weighted by molar-refractivity contribution is 6.30. The molecule has 2 heteroatoms. The zero-order valence-electron chi connectivity index (χ0n) is 15.4. The molecule has 0 radical (unpaired) electrons. The monoisotopic (exact) mass is 364 g/mol. The zero-order valence-corrected chi connectivity index (χ0v) is 16.1. The molecule has 0 saturated heterocycles. The number of para-hydroxylation sites is 1. The van der Waals surface area contributed by atoms with Gasteiger partial charge in [-0.05, 0) is 72.2 Å². The summed E-state index contributed by atoms with van der Waals surface area (Å²) in [6.45, 7) is 4.57. The molecule has 134 valence electrons. The molecule has 0 aromatic heterocycles. The molecular weight excluding hydrogens is 340 g/mol. The summed E-state index contributed by atoms with van der Waals surface area (Å²) in [4.78, 5) is 0. The van der Waals surface area contributed by atoms with Crippen molar-refractivity contribution in [3.8, 4) is 11.5 Å². The van der Waals surface area contributed by atoms with Crippen LogP contribution >= 0.6 is 11.6 Å². The maximum absolute atomic E-state index is 6.04. The summed E-state index contributed by atoms with van der Waals surface area (Å²) in [5.41, 5.74) is 2.67. The smallest absolute Gasteiger partial charge is 0.127 e. The largest absolute Gasteiger partial charge is 0.457 e. The van der Waals surface area contributed by atoms with Gasteiger partial charge in [-0.3, -0.25) is 0 Å². The fourth-order valence-corrected chi connectivity index (χ4v) is 3.43. The Morgan fingerprint density at radius 2 is 1.50 bits per heavy atom. The summed E-state index contributed by atoms with van der Waals surface area (Å²) in [6.07, 6.45) is 2.13. The number of halogens is 1. The molecule has 0 amide bonds. The van der Waals surface area contributed by atoms with E-state index < -0.39 is 0 Å². The van der Waals surface area contributed by atoms with E-state index >= 15 is 0 Å². The number of rotatable bonds is 7. The van der Waals surface area contributed by atoms with Crippen molar-refractivity contribution < 1.29 is 4.74 Å². The second-order valence-corrected chi connectivity index (χ2v) is 7.44. The van der Waals surface area contributed by atoms with Gasteiger partial charge in [-0.15, -0.1) is 0 Å². The van der Waals surface area contributed by atoms with Crippen molar-refractivity contribution in [2.45, 2.75) is 32.6 Å². The number of benzene rings is 3. The Balaban J connectivity index is 1.68. The minimum absolute atomic E-state index is 0.519.